The van der Waals surface area contributed by atoms with E-state index in [1.807, 2.05) is 0 Å². The van der Waals surface area contributed by atoms with Gasteiger partial charge in [0, 0.05) is 32.4 Å². The fraction of sp³-hybridized carbons (Fsp3) is 0.348. The van der Waals surface area contributed by atoms with E-state index in [9.17, 15) is 22.8 Å². The van der Waals surface area contributed by atoms with Crippen molar-refractivity contribution in [3.8, 4) is 6.07 Å². The lowest BCUT2D eigenvalue weighted by Crippen LogP contribution is -2.60. The van der Waals surface area contributed by atoms with Gasteiger partial charge in [0.05, 0.1) is 40.9 Å². The fourth-order valence-electron chi connectivity index (χ4n) is 3.74. The largest absolute Gasteiger partial charge is 0.417 e. The van der Waals surface area contributed by atoms with Crippen LogP contribution in [0.4, 0.5) is 18.9 Å². The van der Waals surface area contributed by atoms with Crippen molar-refractivity contribution in [1.29, 1.82) is 5.26 Å². The van der Waals surface area contributed by atoms with Crippen molar-refractivity contribution in [3.05, 3.63) is 64.2 Å². The number of ether oxygens (including phenoxy) is 1. The van der Waals surface area contributed by atoms with Gasteiger partial charge >= 0.3 is 6.18 Å². The van der Waals surface area contributed by atoms with Gasteiger partial charge in [-0.3, -0.25) is 9.59 Å². The maximum absolute atomic E-state index is 13.5. The number of nitrogens with zero attached hydrogens (tertiary/aromatic N) is 3. The molecule has 11 heteroatoms. The van der Waals surface area contributed by atoms with E-state index in [1.54, 1.807) is 30.3 Å². The number of benzene rings is 2. The molecule has 1 aliphatic heterocycles. The van der Waals surface area contributed by atoms with Crippen molar-refractivity contribution in [2.24, 2.45) is 0 Å². The van der Waals surface area contributed by atoms with Gasteiger partial charge < -0.3 is 19.9 Å². The highest BCUT2D eigenvalue weighted by molar-refractivity contribution is 6.33. The molecule has 7 nitrogen and oxygen atoms in total. The Morgan fingerprint density at radius 1 is 1.24 bits per heavy atom. The number of carbonyl (C=O) groups is 2. The molecule has 180 valence electrons. The summed E-state index contributed by atoms with van der Waals surface area (Å²) >= 11 is 6.15. The van der Waals surface area contributed by atoms with Gasteiger partial charge in [0.1, 0.15) is 6.04 Å². The van der Waals surface area contributed by atoms with Crippen LogP contribution in [0.2, 0.25) is 5.02 Å². The second-order valence-electron chi connectivity index (χ2n) is 7.56. The number of carbonyl (C=O) groups excluding carboxylic acids is 2. The van der Waals surface area contributed by atoms with E-state index in [1.165, 1.54) is 23.0 Å². The van der Waals surface area contributed by atoms with Crippen molar-refractivity contribution < 1.29 is 27.5 Å². The topological polar surface area (TPSA) is 85.7 Å². The normalized spacial score (nSPS) is 16.2. The first-order chi connectivity index (χ1) is 16.2. The molecule has 1 aliphatic rings. The molecule has 3 rings (SSSR count). The van der Waals surface area contributed by atoms with Crippen LogP contribution in [-0.2, 0) is 15.7 Å². The summed E-state index contributed by atoms with van der Waals surface area (Å²) in [6.45, 7) is 0.633. The minimum atomic E-state index is -4.74. The van der Waals surface area contributed by atoms with Crippen molar-refractivity contribution in [2.45, 2.75) is 12.2 Å². The molecular weight excluding hydrogens is 473 g/mol. The summed E-state index contributed by atoms with van der Waals surface area (Å²) in [7, 11) is 1.47. The molecule has 1 N–H and O–H groups in total. The minimum absolute atomic E-state index is 0.0653. The Labute approximate surface area is 199 Å². The number of nitrogens with one attached hydrogen (secondary N) is 1. The summed E-state index contributed by atoms with van der Waals surface area (Å²) in [6.07, 6.45) is -4.74. The maximum Gasteiger partial charge on any atom is 0.417 e. The van der Waals surface area contributed by atoms with E-state index in [2.05, 4.69) is 5.32 Å². The highest BCUT2D eigenvalue weighted by atomic mass is 35.5. The Morgan fingerprint density at radius 2 is 1.97 bits per heavy atom. The minimum Gasteiger partial charge on any atom is -0.383 e. The number of methoxy groups -OCH3 is 1. The van der Waals surface area contributed by atoms with Gasteiger partial charge in [-0.05, 0) is 30.3 Å². The third-order valence-corrected chi connectivity index (χ3v) is 5.77. The Hall–Kier alpha value is -3.29. The Balaban J connectivity index is 1.93. The van der Waals surface area contributed by atoms with E-state index in [-0.39, 0.29) is 55.0 Å². The molecule has 0 bridgehead atoms. The summed E-state index contributed by atoms with van der Waals surface area (Å²) in [5.74, 6) is -0.845. The molecule has 1 heterocycles. The van der Waals surface area contributed by atoms with Gasteiger partial charge in [-0.1, -0.05) is 23.7 Å². The number of nitriles is 1. The predicted molar refractivity (Wildman–Crippen MR) is 120 cm³/mol. The molecule has 2 aromatic carbocycles. The van der Waals surface area contributed by atoms with Crippen molar-refractivity contribution >= 4 is 29.1 Å². The van der Waals surface area contributed by atoms with Crippen LogP contribution >= 0.6 is 11.6 Å². The van der Waals surface area contributed by atoms with Crippen LogP contribution in [0.3, 0.4) is 0 Å². The molecule has 1 atom stereocenters. The van der Waals surface area contributed by atoms with Gasteiger partial charge in [0.15, 0.2) is 0 Å². The predicted octanol–water partition coefficient (Wildman–Crippen LogP) is 3.32. The monoisotopic (exact) mass is 494 g/mol. The van der Waals surface area contributed by atoms with E-state index in [0.717, 1.165) is 12.1 Å². The molecule has 0 saturated carbocycles. The van der Waals surface area contributed by atoms with Gasteiger partial charge in [-0.25, -0.2) is 0 Å². The van der Waals surface area contributed by atoms with E-state index >= 15 is 0 Å². The number of hydrogen-bond acceptors (Lipinski definition) is 5. The summed E-state index contributed by atoms with van der Waals surface area (Å²) in [4.78, 5) is 29.0. The molecule has 1 unspecified atom stereocenters. The van der Waals surface area contributed by atoms with Crippen LogP contribution in [0.5, 0.6) is 0 Å². The number of halogens is 4. The molecular formula is C23H22ClF3N4O3. The first-order valence-electron chi connectivity index (χ1n) is 10.4. The van der Waals surface area contributed by atoms with Crippen LogP contribution in [0, 0.1) is 11.3 Å². The van der Waals surface area contributed by atoms with Crippen LogP contribution < -0.4 is 10.2 Å². The van der Waals surface area contributed by atoms with E-state index < -0.39 is 29.3 Å². The summed E-state index contributed by atoms with van der Waals surface area (Å²) in [5.41, 5.74) is -1.19. The fourth-order valence-corrected chi connectivity index (χ4v) is 3.96. The SMILES string of the molecule is COCCNC(=O)C1CN(C(=O)c2ccccc2Cl)CCN1c1ccc(C#N)c(C(F)(F)F)c1. The lowest BCUT2D eigenvalue weighted by molar-refractivity contribution is -0.137. The van der Waals surface area contributed by atoms with Crippen molar-refractivity contribution in [3.63, 3.8) is 0 Å². The Morgan fingerprint density at radius 3 is 2.62 bits per heavy atom. The van der Waals surface area contributed by atoms with Crippen LogP contribution in [-0.4, -0.2) is 62.7 Å². The highest BCUT2D eigenvalue weighted by Crippen LogP contribution is 2.35. The first kappa shape index (κ1) is 25.3. The average molecular weight is 495 g/mol. The highest BCUT2D eigenvalue weighted by Gasteiger charge is 2.38. The van der Waals surface area contributed by atoms with Crippen LogP contribution in [0.15, 0.2) is 42.5 Å². The first-order valence-corrected chi connectivity index (χ1v) is 10.7. The zero-order chi connectivity index (χ0) is 24.9. The maximum atomic E-state index is 13.5. The van der Waals surface area contributed by atoms with E-state index in [0.29, 0.717) is 0 Å². The molecule has 34 heavy (non-hydrogen) atoms. The Bertz CT molecular complexity index is 1100. The van der Waals surface area contributed by atoms with Crippen molar-refractivity contribution in [2.75, 3.05) is 44.8 Å². The van der Waals surface area contributed by atoms with Crippen LogP contribution in [0.25, 0.3) is 0 Å². The summed E-state index contributed by atoms with van der Waals surface area (Å²) in [6, 6.07) is 10.4. The average Bonchev–Trinajstić information content (AvgIpc) is 2.82. The second kappa shape index (κ2) is 10.8. The number of amides is 2. The summed E-state index contributed by atoms with van der Waals surface area (Å²) < 4.78 is 45.5. The zero-order valence-electron chi connectivity index (χ0n) is 18.2. The molecule has 1 fully saturated rings. The number of piperazine rings is 1. The molecule has 0 spiro atoms. The molecule has 0 radical (unpaired) electrons. The number of hydrogen-bond donors (Lipinski definition) is 1. The number of alkyl halides is 3. The second-order valence-corrected chi connectivity index (χ2v) is 7.97. The van der Waals surface area contributed by atoms with E-state index in [4.69, 9.17) is 21.6 Å². The molecule has 2 amide bonds. The van der Waals surface area contributed by atoms with Gasteiger partial charge in [0.25, 0.3) is 5.91 Å². The van der Waals surface area contributed by atoms with Crippen molar-refractivity contribution in [1.82, 2.24) is 10.2 Å². The molecule has 1 saturated heterocycles. The number of anilines is 1. The van der Waals surface area contributed by atoms with Crippen LogP contribution in [0.1, 0.15) is 21.5 Å². The lowest BCUT2D eigenvalue weighted by atomic mass is 10.0. The van der Waals surface area contributed by atoms with Gasteiger partial charge in [0.2, 0.25) is 5.91 Å². The lowest BCUT2D eigenvalue weighted by Gasteiger charge is -2.42. The van der Waals surface area contributed by atoms with Gasteiger partial charge in [-0.2, -0.15) is 18.4 Å². The van der Waals surface area contributed by atoms with Gasteiger partial charge in [-0.15, -0.1) is 0 Å². The smallest absolute Gasteiger partial charge is 0.383 e. The zero-order valence-corrected chi connectivity index (χ0v) is 19.0. The molecule has 0 aromatic heterocycles. The molecule has 0 aliphatic carbocycles. The quantitative estimate of drug-likeness (QED) is 0.623. The number of rotatable bonds is 6. The standard InChI is InChI=1S/C23H22ClF3N4O3/c1-34-11-8-29-21(32)20-14-30(22(33)17-4-2-3-5-19(17)24)9-10-31(20)16-7-6-15(13-28)18(12-16)23(25,26)27/h2-7,12,20H,8-11,14H2,1H3,(H,29,32). The summed E-state index contributed by atoms with van der Waals surface area (Å²) in [5, 5.41) is 12.0. The third kappa shape index (κ3) is 5.61. The molecule has 2 aromatic rings. The third-order valence-electron chi connectivity index (χ3n) is 5.44. The Kier molecular flexibility index (Phi) is 8.02.